The number of amidine groups is 1. The number of carbonyl (C=O) groups excluding carboxylic acids is 2. The third kappa shape index (κ3) is 8.46. The number of rotatable bonds is 11. The first-order chi connectivity index (χ1) is 16.7. The van der Waals surface area contributed by atoms with Crippen molar-refractivity contribution in [3.8, 4) is 17.2 Å². The number of hydrogen-bond donors (Lipinski definition) is 4. The van der Waals surface area contributed by atoms with E-state index in [-0.39, 0.29) is 23.9 Å². The van der Waals surface area contributed by atoms with E-state index in [1.807, 2.05) is 6.92 Å². The Bertz CT molecular complexity index is 1070. The normalized spacial score (nSPS) is 11.9. The summed E-state index contributed by atoms with van der Waals surface area (Å²) >= 11 is 0. The van der Waals surface area contributed by atoms with Crippen LogP contribution in [0.2, 0.25) is 0 Å². The Kier molecular flexibility index (Phi) is 10.3. The van der Waals surface area contributed by atoms with E-state index in [2.05, 4.69) is 10.6 Å². The summed E-state index contributed by atoms with van der Waals surface area (Å²) in [7, 11) is 3.48. The fourth-order valence-corrected chi connectivity index (χ4v) is 3.08. The molecule has 188 valence electrons. The number of carbonyl (C=O) groups is 2. The van der Waals surface area contributed by atoms with Gasteiger partial charge in [-0.1, -0.05) is 6.92 Å². The van der Waals surface area contributed by atoms with Crippen LogP contribution in [0.4, 0.5) is 0 Å². The fraction of sp³-hybridized carbons (Fsp3) is 0.346. The molecule has 0 aliphatic carbocycles. The molecule has 2 rings (SSSR count). The zero-order valence-corrected chi connectivity index (χ0v) is 20.8. The molecule has 0 bridgehead atoms. The summed E-state index contributed by atoms with van der Waals surface area (Å²) in [6.07, 6.45) is 1.87. The molecule has 2 aromatic carbocycles. The van der Waals surface area contributed by atoms with E-state index in [9.17, 15) is 14.7 Å². The number of aliphatic hydroxyl groups is 1. The Balaban J connectivity index is 2.27. The summed E-state index contributed by atoms with van der Waals surface area (Å²) in [6, 6.07) is 11.4. The molecule has 0 spiro atoms. The average molecular weight is 483 g/mol. The Morgan fingerprint density at radius 2 is 1.77 bits per heavy atom. The van der Waals surface area contributed by atoms with Crippen molar-refractivity contribution in [2.75, 3.05) is 27.2 Å². The molecule has 1 atom stereocenters. The van der Waals surface area contributed by atoms with Crippen LogP contribution in [0.15, 0.2) is 54.2 Å². The quantitative estimate of drug-likeness (QED) is 0.287. The van der Waals surface area contributed by atoms with Crippen molar-refractivity contribution in [1.29, 1.82) is 5.41 Å². The highest BCUT2D eigenvalue weighted by atomic mass is 16.5. The van der Waals surface area contributed by atoms with Crippen LogP contribution in [-0.2, 0) is 0 Å². The lowest BCUT2D eigenvalue weighted by molar-refractivity contribution is 0.0795. The molecule has 2 amide bonds. The molecular formula is C26H34N4O5. The molecule has 4 N–H and O–H groups in total. The van der Waals surface area contributed by atoms with Crippen molar-refractivity contribution >= 4 is 17.6 Å². The first-order valence-electron chi connectivity index (χ1n) is 11.4. The van der Waals surface area contributed by atoms with E-state index in [1.54, 1.807) is 63.2 Å². The summed E-state index contributed by atoms with van der Waals surface area (Å²) in [4.78, 5) is 26.9. The second kappa shape index (κ2) is 13.1. The van der Waals surface area contributed by atoms with E-state index in [0.29, 0.717) is 29.4 Å². The molecule has 0 fully saturated rings. The molecule has 35 heavy (non-hydrogen) atoms. The summed E-state index contributed by atoms with van der Waals surface area (Å²) in [5.41, 5.74) is 1.48. The fourth-order valence-electron chi connectivity index (χ4n) is 3.08. The number of aliphatic hydroxyl groups excluding tert-OH is 1. The van der Waals surface area contributed by atoms with Crippen LogP contribution in [0.5, 0.6) is 17.2 Å². The maximum Gasteiger partial charge on any atom is 0.257 e. The molecule has 0 heterocycles. The van der Waals surface area contributed by atoms with E-state index in [1.165, 1.54) is 18.2 Å². The van der Waals surface area contributed by atoms with Gasteiger partial charge in [0.25, 0.3) is 11.8 Å². The Morgan fingerprint density at radius 1 is 1.11 bits per heavy atom. The van der Waals surface area contributed by atoms with Gasteiger partial charge >= 0.3 is 0 Å². The van der Waals surface area contributed by atoms with Gasteiger partial charge in [0.05, 0.1) is 6.61 Å². The van der Waals surface area contributed by atoms with Crippen molar-refractivity contribution in [2.45, 2.75) is 33.3 Å². The number of amides is 2. The maximum atomic E-state index is 12.8. The van der Waals surface area contributed by atoms with Gasteiger partial charge in [-0.25, -0.2) is 0 Å². The van der Waals surface area contributed by atoms with Crippen molar-refractivity contribution in [3.63, 3.8) is 0 Å². The van der Waals surface area contributed by atoms with Crippen LogP contribution in [-0.4, -0.2) is 61.0 Å². The lowest BCUT2D eigenvalue weighted by Crippen LogP contribution is -2.29. The molecular weight excluding hydrogens is 448 g/mol. The summed E-state index contributed by atoms with van der Waals surface area (Å²) in [5.74, 6) is 0.466. The number of ether oxygens (including phenoxy) is 2. The minimum Gasteiger partial charge on any atom is -0.488 e. The van der Waals surface area contributed by atoms with Crippen molar-refractivity contribution in [1.82, 2.24) is 15.5 Å². The molecule has 0 aliphatic heterocycles. The highest BCUT2D eigenvalue weighted by Gasteiger charge is 2.15. The van der Waals surface area contributed by atoms with E-state index in [0.717, 1.165) is 12.1 Å². The summed E-state index contributed by atoms with van der Waals surface area (Å²) < 4.78 is 11.6. The predicted octanol–water partition coefficient (Wildman–Crippen LogP) is 3.55. The third-order valence-electron chi connectivity index (χ3n) is 4.98. The van der Waals surface area contributed by atoms with Crippen molar-refractivity contribution in [3.05, 3.63) is 65.4 Å². The lowest BCUT2D eigenvalue weighted by atomic mass is 10.1. The van der Waals surface area contributed by atoms with E-state index < -0.39 is 12.0 Å². The maximum absolute atomic E-state index is 12.8. The van der Waals surface area contributed by atoms with Gasteiger partial charge in [-0.2, -0.15) is 0 Å². The lowest BCUT2D eigenvalue weighted by Gasteiger charge is -2.17. The van der Waals surface area contributed by atoms with Crippen LogP contribution in [0.25, 0.3) is 0 Å². The number of benzene rings is 2. The van der Waals surface area contributed by atoms with Gasteiger partial charge in [-0.3, -0.25) is 15.0 Å². The summed E-state index contributed by atoms with van der Waals surface area (Å²) in [6.45, 7) is 5.95. The second-order valence-corrected chi connectivity index (χ2v) is 8.10. The van der Waals surface area contributed by atoms with Gasteiger partial charge in [0.15, 0.2) is 0 Å². The molecule has 0 saturated heterocycles. The predicted molar refractivity (Wildman–Crippen MR) is 135 cm³/mol. The van der Waals surface area contributed by atoms with E-state index in [4.69, 9.17) is 14.9 Å². The van der Waals surface area contributed by atoms with Gasteiger partial charge in [0.2, 0.25) is 0 Å². The van der Waals surface area contributed by atoms with Gasteiger partial charge in [0.1, 0.15) is 29.2 Å². The van der Waals surface area contributed by atoms with Crippen LogP contribution < -0.4 is 20.1 Å². The highest BCUT2D eigenvalue weighted by molar-refractivity contribution is 6.09. The van der Waals surface area contributed by atoms with Gasteiger partial charge in [0, 0.05) is 43.5 Å². The largest absolute Gasteiger partial charge is 0.488 e. The van der Waals surface area contributed by atoms with Crippen molar-refractivity contribution < 1.29 is 24.2 Å². The molecule has 0 saturated carbocycles. The van der Waals surface area contributed by atoms with Crippen LogP contribution in [0, 0.1) is 5.41 Å². The Labute approximate surface area is 206 Å². The van der Waals surface area contributed by atoms with Crippen LogP contribution in [0.3, 0.4) is 0 Å². The van der Waals surface area contributed by atoms with Gasteiger partial charge in [-0.05, 0) is 62.7 Å². The number of nitrogens with one attached hydrogen (secondary N) is 3. The van der Waals surface area contributed by atoms with E-state index >= 15 is 0 Å². The minimum atomic E-state index is -0.512. The molecule has 2 aromatic rings. The van der Waals surface area contributed by atoms with Crippen molar-refractivity contribution in [2.24, 2.45) is 0 Å². The SMILES string of the molecule is CCCN(C)C(=O)c1ccc(Oc2cc(O[C@@H](C)CO)cc(C(=O)NC(=N)/C=C(/C)NC)c2)cc1. The molecule has 0 aliphatic rings. The molecule has 9 nitrogen and oxygen atoms in total. The monoisotopic (exact) mass is 482 g/mol. The molecule has 0 aromatic heterocycles. The molecule has 0 radical (unpaired) electrons. The smallest absolute Gasteiger partial charge is 0.257 e. The first-order valence-corrected chi connectivity index (χ1v) is 11.4. The number of hydrogen-bond acceptors (Lipinski definition) is 7. The molecule has 0 unspecified atom stereocenters. The zero-order chi connectivity index (χ0) is 26.0. The zero-order valence-electron chi connectivity index (χ0n) is 20.8. The average Bonchev–Trinajstić information content (AvgIpc) is 2.83. The standard InChI is InChI=1S/C26H34N4O5/c1-6-11-30(5)26(33)19-7-9-21(10-8-19)35-23-14-20(13-22(15-23)34-18(3)16-31)25(32)29-24(27)12-17(2)28-4/h7-10,12-15,18,28,31H,6,11,16H2,1-5H3,(H2,27,29,32)/b17-12-/t18-/m0/s1. The Hall–Kier alpha value is -3.85. The number of nitrogens with zero attached hydrogens (tertiary/aromatic N) is 1. The van der Waals surface area contributed by atoms with Crippen LogP contribution in [0.1, 0.15) is 47.9 Å². The second-order valence-electron chi connectivity index (χ2n) is 8.10. The minimum absolute atomic E-state index is 0.0734. The van der Waals surface area contributed by atoms with Crippen LogP contribution >= 0.6 is 0 Å². The Morgan fingerprint density at radius 3 is 2.37 bits per heavy atom. The summed E-state index contributed by atoms with van der Waals surface area (Å²) in [5, 5.41) is 22.7. The molecule has 9 heteroatoms. The highest BCUT2D eigenvalue weighted by Crippen LogP contribution is 2.28. The third-order valence-corrected chi connectivity index (χ3v) is 4.98. The number of allylic oxidation sites excluding steroid dienone is 1. The topological polar surface area (TPSA) is 124 Å². The van der Waals surface area contributed by atoms with Gasteiger partial charge < -0.3 is 30.1 Å². The first kappa shape index (κ1) is 27.4. The van der Waals surface area contributed by atoms with Gasteiger partial charge in [-0.15, -0.1) is 0 Å².